The van der Waals surface area contributed by atoms with Crippen molar-refractivity contribution in [2.45, 2.75) is 39.3 Å². The molecule has 178 valence electrons. The van der Waals surface area contributed by atoms with Crippen molar-refractivity contribution in [1.29, 1.82) is 0 Å². The molecule has 35 heavy (non-hydrogen) atoms. The van der Waals surface area contributed by atoms with Crippen LogP contribution in [0.15, 0.2) is 54.7 Å². The zero-order valence-corrected chi connectivity index (χ0v) is 20.3. The summed E-state index contributed by atoms with van der Waals surface area (Å²) in [6.07, 6.45) is 3.75. The fourth-order valence-electron chi connectivity index (χ4n) is 6.11. The Morgan fingerprint density at radius 2 is 1.60 bits per heavy atom. The summed E-state index contributed by atoms with van der Waals surface area (Å²) in [6, 6.07) is 16.3. The van der Waals surface area contributed by atoms with Gasteiger partial charge in [0.25, 0.3) is 11.8 Å². The van der Waals surface area contributed by atoms with Crippen LogP contribution < -0.4 is 11.1 Å². The summed E-state index contributed by atoms with van der Waals surface area (Å²) in [4.78, 5) is 26.7. The van der Waals surface area contributed by atoms with Crippen molar-refractivity contribution in [2.24, 2.45) is 24.6 Å². The molecule has 6 rings (SSSR count). The predicted molar refractivity (Wildman–Crippen MR) is 139 cm³/mol. The lowest BCUT2D eigenvalue weighted by Crippen LogP contribution is -2.39. The topological polar surface area (TPSA) is 82.0 Å². The van der Waals surface area contributed by atoms with E-state index in [9.17, 15) is 9.59 Å². The summed E-state index contributed by atoms with van der Waals surface area (Å²) in [5, 5.41) is 4.58. The second kappa shape index (κ2) is 7.95. The second-order valence-electron chi connectivity index (χ2n) is 10.3. The van der Waals surface area contributed by atoms with Crippen molar-refractivity contribution in [1.82, 2.24) is 14.5 Å². The van der Waals surface area contributed by atoms with Gasteiger partial charge in [-0.05, 0) is 36.8 Å². The first-order valence-electron chi connectivity index (χ1n) is 12.4. The fraction of sp³-hybridized carbons (Fsp3) is 0.310. The molecule has 0 saturated heterocycles. The average Bonchev–Trinajstić information content (AvgIpc) is 3.46. The average molecular weight is 467 g/mol. The molecule has 2 aliphatic rings. The molecule has 3 N–H and O–H groups in total. The molecular weight excluding hydrogens is 436 g/mol. The zero-order chi connectivity index (χ0) is 24.4. The van der Waals surface area contributed by atoms with Gasteiger partial charge in [-0.25, -0.2) is 0 Å². The first-order chi connectivity index (χ1) is 16.9. The number of aromatic nitrogens is 2. The standard InChI is InChI=1S/C29H30N4O2/c1-16(2)27(30)17-12-13-33-22-11-7-5-9-19(22)24(23(33)14-17)26-25(28(34)31-29(26)35)20-15-32(3)21-10-6-4-8-18(20)21/h4-11,15-17,27H,12-14,30H2,1-3H3,(H,31,34,35)/t17-,27+/m1/s1. The lowest BCUT2D eigenvalue weighted by molar-refractivity contribution is -0.122. The van der Waals surface area contributed by atoms with Gasteiger partial charge in [0.15, 0.2) is 0 Å². The maximum absolute atomic E-state index is 13.4. The molecule has 0 saturated carbocycles. The highest BCUT2D eigenvalue weighted by molar-refractivity contribution is 6.51. The van der Waals surface area contributed by atoms with Crippen molar-refractivity contribution in [3.63, 3.8) is 0 Å². The van der Waals surface area contributed by atoms with Crippen LogP contribution in [-0.2, 0) is 29.6 Å². The Hall–Kier alpha value is -3.64. The van der Waals surface area contributed by atoms with Gasteiger partial charge in [0.1, 0.15) is 0 Å². The van der Waals surface area contributed by atoms with Crippen molar-refractivity contribution < 1.29 is 9.59 Å². The zero-order valence-electron chi connectivity index (χ0n) is 20.3. The normalized spacial score (nSPS) is 19.2. The molecule has 0 unspecified atom stereocenters. The number of nitrogens with one attached hydrogen (secondary N) is 1. The van der Waals surface area contributed by atoms with Gasteiger partial charge in [0, 0.05) is 64.5 Å². The Bertz CT molecular complexity index is 1550. The van der Waals surface area contributed by atoms with Crippen LogP contribution in [0.3, 0.4) is 0 Å². The van der Waals surface area contributed by atoms with Gasteiger partial charge in [-0.1, -0.05) is 50.2 Å². The van der Waals surface area contributed by atoms with E-state index < -0.39 is 0 Å². The van der Waals surface area contributed by atoms with E-state index in [1.165, 1.54) is 0 Å². The fourth-order valence-corrected chi connectivity index (χ4v) is 6.11. The highest BCUT2D eigenvalue weighted by atomic mass is 16.2. The molecule has 2 aromatic carbocycles. The van der Waals surface area contributed by atoms with Gasteiger partial charge in [0.05, 0.1) is 11.1 Å². The Morgan fingerprint density at radius 3 is 2.34 bits per heavy atom. The van der Waals surface area contributed by atoms with Crippen LogP contribution in [0.2, 0.25) is 0 Å². The SMILES string of the molecule is CC(C)[C@H](N)[C@@H]1CCn2c(c(C3=C(c4cn(C)c5ccccc45)C(=O)NC3=O)c3ccccc32)C1. The summed E-state index contributed by atoms with van der Waals surface area (Å²) in [7, 11) is 1.97. The number of carbonyl (C=O) groups is 2. The van der Waals surface area contributed by atoms with E-state index in [0.717, 1.165) is 58.0 Å². The molecule has 2 atom stereocenters. The number of para-hydroxylation sites is 2. The number of hydrogen-bond acceptors (Lipinski definition) is 3. The number of fused-ring (bicyclic) bond motifs is 4. The van der Waals surface area contributed by atoms with E-state index in [1.54, 1.807) is 0 Å². The number of benzene rings is 2. The Kier molecular flexibility index (Phi) is 4.97. The van der Waals surface area contributed by atoms with Crippen molar-refractivity contribution in [2.75, 3.05) is 0 Å². The van der Waals surface area contributed by atoms with E-state index in [4.69, 9.17) is 5.73 Å². The number of amides is 2. The summed E-state index contributed by atoms with van der Waals surface area (Å²) in [5.74, 6) is 0.0394. The maximum atomic E-state index is 13.4. The van der Waals surface area contributed by atoms with Crippen LogP contribution in [0.5, 0.6) is 0 Å². The van der Waals surface area contributed by atoms with Crippen LogP contribution in [0.4, 0.5) is 0 Å². The number of nitrogens with zero attached hydrogens (tertiary/aromatic N) is 2. The molecular formula is C29H30N4O2. The van der Waals surface area contributed by atoms with E-state index in [1.807, 2.05) is 54.2 Å². The predicted octanol–water partition coefficient (Wildman–Crippen LogP) is 4.25. The minimum atomic E-state index is -0.336. The highest BCUT2D eigenvalue weighted by Gasteiger charge is 2.38. The minimum Gasteiger partial charge on any atom is -0.350 e. The van der Waals surface area contributed by atoms with Gasteiger partial charge in [-0.2, -0.15) is 0 Å². The molecule has 4 heterocycles. The van der Waals surface area contributed by atoms with Gasteiger partial charge in [-0.15, -0.1) is 0 Å². The molecule has 0 spiro atoms. The summed E-state index contributed by atoms with van der Waals surface area (Å²) < 4.78 is 4.34. The van der Waals surface area contributed by atoms with Crippen LogP contribution in [0.25, 0.3) is 33.0 Å². The second-order valence-corrected chi connectivity index (χ2v) is 10.3. The molecule has 0 fully saturated rings. The Morgan fingerprint density at radius 1 is 0.943 bits per heavy atom. The number of aryl methyl sites for hydroxylation is 2. The maximum Gasteiger partial charge on any atom is 0.259 e. The summed E-state index contributed by atoms with van der Waals surface area (Å²) in [5.41, 5.74) is 12.5. The lowest BCUT2D eigenvalue weighted by Gasteiger charge is -2.32. The van der Waals surface area contributed by atoms with Crippen LogP contribution in [-0.4, -0.2) is 27.0 Å². The third-order valence-electron chi connectivity index (χ3n) is 7.92. The highest BCUT2D eigenvalue weighted by Crippen LogP contribution is 2.43. The Balaban J connectivity index is 1.65. The number of nitrogens with two attached hydrogens (primary N) is 1. The molecule has 2 aliphatic heterocycles. The van der Waals surface area contributed by atoms with Crippen molar-refractivity contribution >= 4 is 44.8 Å². The molecule has 0 bridgehead atoms. The third kappa shape index (κ3) is 3.20. The monoisotopic (exact) mass is 466 g/mol. The van der Waals surface area contributed by atoms with Crippen molar-refractivity contribution in [3.8, 4) is 0 Å². The molecule has 0 radical (unpaired) electrons. The van der Waals surface area contributed by atoms with E-state index in [2.05, 4.69) is 35.9 Å². The number of imide groups is 1. The lowest BCUT2D eigenvalue weighted by atomic mass is 9.82. The number of rotatable bonds is 4. The first kappa shape index (κ1) is 21.9. The third-order valence-corrected chi connectivity index (χ3v) is 7.92. The van der Waals surface area contributed by atoms with Gasteiger partial charge >= 0.3 is 0 Å². The smallest absolute Gasteiger partial charge is 0.259 e. The van der Waals surface area contributed by atoms with E-state index in [-0.39, 0.29) is 17.9 Å². The van der Waals surface area contributed by atoms with Crippen LogP contribution in [0, 0.1) is 11.8 Å². The van der Waals surface area contributed by atoms with E-state index >= 15 is 0 Å². The van der Waals surface area contributed by atoms with E-state index in [0.29, 0.717) is 23.0 Å². The minimum absolute atomic E-state index is 0.0835. The first-order valence-corrected chi connectivity index (χ1v) is 12.4. The number of hydrogen-bond donors (Lipinski definition) is 2. The quantitative estimate of drug-likeness (QED) is 0.441. The molecule has 4 aromatic rings. The van der Waals surface area contributed by atoms with Gasteiger partial charge < -0.3 is 14.9 Å². The summed E-state index contributed by atoms with van der Waals surface area (Å²) in [6.45, 7) is 5.19. The molecule has 2 amide bonds. The molecule has 6 nitrogen and oxygen atoms in total. The Labute approximate surface area is 204 Å². The van der Waals surface area contributed by atoms with Crippen molar-refractivity contribution in [3.05, 3.63) is 71.5 Å². The van der Waals surface area contributed by atoms with Gasteiger partial charge in [-0.3, -0.25) is 14.9 Å². The van der Waals surface area contributed by atoms with Crippen LogP contribution in [0.1, 0.15) is 37.1 Å². The van der Waals surface area contributed by atoms with Crippen LogP contribution >= 0.6 is 0 Å². The molecule has 2 aromatic heterocycles. The number of carbonyl (C=O) groups excluding carboxylic acids is 2. The molecule has 6 heteroatoms. The van der Waals surface area contributed by atoms with Gasteiger partial charge in [0.2, 0.25) is 0 Å². The molecule has 0 aliphatic carbocycles. The largest absolute Gasteiger partial charge is 0.350 e. The summed E-state index contributed by atoms with van der Waals surface area (Å²) >= 11 is 0.